The van der Waals surface area contributed by atoms with E-state index in [4.69, 9.17) is 0 Å². The fourth-order valence-corrected chi connectivity index (χ4v) is 2.99. The number of rotatable bonds is 3. The Morgan fingerprint density at radius 1 is 1.17 bits per heavy atom. The first-order chi connectivity index (χ1) is 10.9. The standard InChI is InChI=1S/C15H8F3NO3S/c16-15(17,18)22-10-3-4-11-13(6-10)23-14(19-11)8-1-2-9(7-20)12(21)5-8/h1-7,21H. The molecule has 0 fully saturated rings. The summed E-state index contributed by atoms with van der Waals surface area (Å²) in [7, 11) is 0. The van der Waals surface area contributed by atoms with E-state index in [-0.39, 0.29) is 17.1 Å². The van der Waals surface area contributed by atoms with Gasteiger partial charge in [-0.05, 0) is 30.3 Å². The molecule has 4 nitrogen and oxygen atoms in total. The van der Waals surface area contributed by atoms with Crippen molar-refractivity contribution >= 4 is 27.8 Å². The number of phenolic OH excluding ortho intramolecular Hbond substituents is 1. The quantitative estimate of drug-likeness (QED) is 0.720. The van der Waals surface area contributed by atoms with Crippen LogP contribution in [0.15, 0.2) is 36.4 Å². The molecule has 23 heavy (non-hydrogen) atoms. The summed E-state index contributed by atoms with van der Waals surface area (Å²) in [5.41, 5.74) is 1.22. The first kappa shape index (κ1) is 15.3. The SMILES string of the molecule is O=Cc1ccc(-c2nc3ccc(OC(F)(F)F)cc3s2)cc1O. The van der Waals surface area contributed by atoms with Gasteiger partial charge in [0.15, 0.2) is 6.29 Å². The summed E-state index contributed by atoms with van der Waals surface area (Å²) in [6.07, 6.45) is -4.23. The van der Waals surface area contributed by atoms with Crippen molar-refractivity contribution in [2.75, 3.05) is 0 Å². The lowest BCUT2D eigenvalue weighted by atomic mass is 10.1. The predicted molar refractivity (Wildman–Crippen MR) is 78.8 cm³/mol. The number of halogens is 3. The molecule has 0 aliphatic heterocycles. The molecule has 1 aromatic heterocycles. The molecule has 0 bridgehead atoms. The molecule has 3 rings (SSSR count). The Bertz CT molecular complexity index is 889. The van der Waals surface area contributed by atoms with Crippen LogP contribution in [0.4, 0.5) is 13.2 Å². The molecule has 8 heteroatoms. The molecule has 1 N–H and O–H groups in total. The second kappa shape index (κ2) is 5.54. The van der Waals surface area contributed by atoms with Crippen molar-refractivity contribution in [2.45, 2.75) is 6.36 Å². The maximum Gasteiger partial charge on any atom is 0.573 e. The highest BCUT2D eigenvalue weighted by molar-refractivity contribution is 7.21. The van der Waals surface area contributed by atoms with Crippen molar-refractivity contribution < 1.29 is 27.8 Å². The third-order valence-electron chi connectivity index (χ3n) is 3.00. The first-order valence-electron chi connectivity index (χ1n) is 6.30. The van der Waals surface area contributed by atoms with Gasteiger partial charge in [0.05, 0.1) is 15.8 Å². The zero-order valence-electron chi connectivity index (χ0n) is 11.3. The number of thiazole rings is 1. The Balaban J connectivity index is 2.00. The number of aromatic nitrogens is 1. The number of carbonyl (C=O) groups excluding carboxylic acids is 1. The minimum absolute atomic E-state index is 0.149. The molecule has 0 spiro atoms. The summed E-state index contributed by atoms with van der Waals surface area (Å²) in [5.74, 6) is -0.503. The number of phenols is 1. The van der Waals surface area contributed by atoms with E-state index >= 15 is 0 Å². The molecule has 0 aliphatic rings. The van der Waals surface area contributed by atoms with E-state index in [0.29, 0.717) is 27.1 Å². The number of alkyl halides is 3. The van der Waals surface area contributed by atoms with Crippen molar-refractivity contribution in [1.29, 1.82) is 0 Å². The zero-order chi connectivity index (χ0) is 16.6. The Morgan fingerprint density at radius 3 is 2.61 bits per heavy atom. The van der Waals surface area contributed by atoms with Gasteiger partial charge in [-0.15, -0.1) is 24.5 Å². The summed E-state index contributed by atoms with van der Waals surface area (Å²) in [6.45, 7) is 0. The number of hydrogen-bond donors (Lipinski definition) is 1. The number of carbonyl (C=O) groups is 1. The summed E-state index contributed by atoms with van der Waals surface area (Å²) < 4.78 is 41.1. The van der Waals surface area contributed by atoms with Gasteiger partial charge in [-0.3, -0.25) is 4.79 Å². The molecule has 0 saturated heterocycles. The van der Waals surface area contributed by atoms with Gasteiger partial charge in [0.2, 0.25) is 0 Å². The molecule has 3 aromatic rings. The lowest BCUT2D eigenvalue weighted by Crippen LogP contribution is -2.16. The van der Waals surface area contributed by atoms with Crippen molar-refractivity contribution in [3.05, 3.63) is 42.0 Å². The number of fused-ring (bicyclic) bond motifs is 1. The number of benzene rings is 2. The number of hydrogen-bond acceptors (Lipinski definition) is 5. The Hall–Kier alpha value is -2.61. The predicted octanol–water partition coefficient (Wildman–Crippen LogP) is 4.38. The molecular weight excluding hydrogens is 331 g/mol. The number of aldehydes is 1. The average molecular weight is 339 g/mol. The molecule has 0 radical (unpaired) electrons. The van der Waals surface area contributed by atoms with Gasteiger partial charge < -0.3 is 9.84 Å². The van der Waals surface area contributed by atoms with E-state index in [9.17, 15) is 23.1 Å². The Morgan fingerprint density at radius 2 is 1.96 bits per heavy atom. The zero-order valence-corrected chi connectivity index (χ0v) is 12.1. The lowest BCUT2D eigenvalue weighted by Gasteiger charge is -2.07. The van der Waals surface area contributed by atoms with Crippen molar-refractivity contribution in [2.24, 2.45) is 0 Å². The van der Waals surface area contributed by atoms with Crippen LogP contribution in [0.3, 0.4) is 0 Å². The summed E-state index contributed by atoms with van der Waals surface area (Å²) in [5, 5.41) is 10.2. The van der Waals surface area contributed by atoms with Gasteiger partial charge in [0.25, 0.3) is 0 Å². The fraction of sp³-hybridized carbons (Fsp3) is 0.0667. The molecule has 1 heterocycles. The van der Waals surface area contributed by atoms with E-state index in [1.807, 2.05) is 0 Å². The average Bonchev–Trinajstić information content (AvgIpc) is 2.88. The molecule has 0 atom stereocenters. The fourth-order valence-electron chi connectivity index (χ4n) is 2.00. The van der Waals surface area contributed by atoms with Gasteiger partial charge in [-0.1, -0.05) is 6.07 Å². The van der Waals surface area contributed by atoms with Gasteiger partial charge in [-0.2, -0.15) is 0 Å². The second-order valence-electron chi connectivity index (χ2n) is 4.59. The number of aromatic hydroxyl groups is 1. The number of ether oxygens (including phenoxy) is 1. The highest BCUT2D eigenvalue weighted by Gasteiger charge is 2.31. The van der Waals surface area contributed by atoms with Gasteiger partial charge in [0.1, 0.15) is 16.5 Å². The Labute approximate surface area is 131 Å². The van der Waals surface area contributed by atoms with Crippen LogP contribution in [0.2, 0.25) is 0 Å². The minimum atomic E-state index is -4.75. The van der Waals surface area contributed by atoms with Crippen LogP contribution in [0.1, 0.15) is 10.4 Å². The second-order valence-corrected chi connectivity index (χ2v) is 5.62. The van der Waals surface area contributed by atoms with Crippen LogP contribution in [-0.2, 0) is 0 Å². The lowest BCUT2D eigenvalue weighted by molar-refractivity contribution is -0.274. The molecular formula is C15H8F3NO3S. The maximum atomic E-state index is 12.2. The molecule has 0 amide bonds. The summed E-state index contributed by atoms with van der Waals surface area (Å²) in [4.78, 5) is 15.0. The largest absolute Gasteiger partial charge is 0.573 e. The molecule has 0 saturated carbocycles. The third-order valence-corrected chi connectivity index (χ3v) is 4.07. The van der Waals surface area contributed by atoms with Crippen LogP contribution in [0, 0.1) is 0 Å². The highest BCUT2D eigenvalue weighted by atomic mass is 32.1. The normalized spacial score (nSPS) is 11.6. The van der Waals surface area contributed by atoms with E-state index in [1.165, 1.54) is 30.3 Å². The Kier molecular flexibility index (Phi) is 3.69. The topological polar surface area (TPSA) is 59.4 Å². The number of nitrogens with zero attached hydrogens (tertiary/aromatic N) is 1. The molecule has 0 unspecified atom stereocenters. The van der Waals surface area contributed by atoms with Crippen LogP contribution in [0.5, 0.6) is 11.5 Å². The van der Waals surface area contributed by atoms with Crippen molar-refractivity contribution in [3.63, 3.8) is 0 Å². The summed E-state index contributed by atoms with van der Waals surface area (Å²) >= 11 is 1.15. The maximum absolute atomic E-state index is 12.2. The molecule has 118 valence electrons. The smallest absolute Gasteiger partial charge is 0.507 e. The van der Waals surface area contributed by atoms with Crippen LogP contribution < -0.4 is 4.74 Å². The van der Waals surface area contributed by atoms with Crippen LogP contribution >= 0.6 is 11.3 Å². The van der Waals surface area contributed by atoms with Crippen molar-refractivity contribution in [3.8, 4) is 22.1 Å². The monoisotopic (exact) mass is 339 g/mol. The van der Waals surface area contributed by atoms with Gasteiger partial charge in [-0.25, -0.2) is 4.98 Å². The van der Waals surface area contributed by atoms with Gasteiger partial charge >= 0.3 is 6.36 Å². The van der Waals surface area contributed by atoms with Crippen molar-refractivity contribution in [1.82, 2.24) is 4.98 Å². The third kappa shape index (κ3) is 3.26. The van der Waals surface area contributed by atoms with Gasteiger partial charge in [0, 0.05) is 5.56 Å². The van der Waals surface area contributed by atoms with E-state index in [0.717, 1.165) is 11.3 Å². The highest BCUT2D eigenvalue weighted by Crippen LogP contribution is 2.35. The first-order valence-corrected chi connectivity index (χ1v) is 7.12. The molecule has 2 aromatic carbocycles. The summed E-state index contributed by atoms with van der Waals surface area (Å²) in [6, 6.07) is 8.30. The van der Waals surface area contributed by atoms with Crippen LogP contribution in [-0.4, -0.2) is 22.7 Å². The molecule has 0 aliphatic carbocycles. The van der Waals surface area contributed by atoms with E-state index in [2.05, 4.69) is 9.72 Å². The minimum Gasteiger partial charge on any atom is -0.507 e. The van der Waals surface area contributed by atoms with Crippen LogP contribution in [0.25, 0.3) is 20.8 Å². The van der Waals surface area contributed by atoms with E-state index in [1.54, 1.807) is 6.07 Å². The van der Waals surface area contributed by atoms with E-state index < -0.39 is 6.36 Å².